The number of hydrogen-bond acceptors (Lipinski definition) is 5. The van der Waals surface area contributed by atoms with Gasteiger partial charge in [0.1, 0.15) is 12.0 Å². The van der Waals surface area contributed by atoms with Gasteiger partial charge in [0, 0.05) is 25.5 Å². The predicted octanol–water partition coefficient (Wildman–Crippen LogP) is 1.33. The quantitative estimate of drug-likeness (QED) is 0.611. The Hall–Kier alpha value is -3.00. The average molecular weight is 334 g/mol. The molecular formula is C17H18N8. The Morgan fingerprint density at radius 2 is 2.20 bits per heavy atom. The third-order valence-electron chi connectivity index (χ3n) is 4.55. The summed E-state index contributed by atoms with van der Waals surface area (Å²) in [4.78, 5) is 8.79. The predicted molar refractivity (Wildman–Crippen MR) is 91.9 cm³/mol. The van der Waals surface area contributed by atoms with E-state index in [1.807, 2.05) is 29.0 Å². The minimum Gasteiger partial charge on any atom is -0.324 e. The van der Waals surface area contributed by atoms with Crippen molar-refractivity contribution in [1.82, 2.24) is 39.2 Å². The first kappa shape index (κ1) is 14.4. The van der Waals surface area contributed by atoms with Crippen LogP contribution < -0.4 is 5.32 Å². The van der Waals surface area contributed by atoms with Crippen LogP contribution in [-0.4, -0.2) is 40.5 Å². The van der Waals surface area contributed by atoms with E-state index in [0.29, 0.717) is 6.54 Å². The Labute approximate surface area is 144 Å². The van der Waals surface area contributed by atoms with Crippen LogP contribution in [0.25, 0.3) is 17.2 Å². The molecule has 0 bridgehead atoms. The molecule has 4 aromatic heterocycles. The first-order valence-electron chi connectivity index (χ1n) is 8.45. The number of fused-ring (bicyclic) bond motifs is 2. The van der Waals surface area contributed by atoms with Crippen LogP contribution in [0.4, 0.5) is 0 Å². The molecule has 0 aromatic carbocycles. The molecule has 0 spiro atoms. The van der Waals surface area contributed by atoms with E-state index in [0.717, 1.165) is 48.9 Å². The molecule has 5 rings (SSSR count). The lowest BCUT2D eigenvalue weighted by Gasteiger charge is -2.08. The summed E-state index contributed by atoms with van der Waals surface area (Å²) in [6.07, 6.45) is 6.47. The van der Waals surface area contributed by atoms with E-state index in [9.17, 15) is 0 Å². The van der Waals surface area contributed by atoms with Crippen LogP contribution >= 0.6 is 0 Å². The SMILES string of the molecule is c1cc(Cn2ccnc2-c2cc3n(n2)CCCNC3)n2ncnc2c1. The van der Waals surface area contributed by atoms with Crippen LogP contribution in [-0.2, 0) is 19.6 Å². The molecule has 4 aromatic rings. The maximum atomic E-state index is 4.77. The normalized spacial score (nSPS) is 14.6. The summed E-state index contributed by atoms with van der Waals surface area (Å²) in [6.45, 7) is 3.50. The van der Waals surface area contributed by atoms with Crippen LogP contribution in [0.1, 0.15) is 17.8 Å². The van der Waals surface area contributed by atoms with E-state index >= 15 is 0 Å². The summed E-state index contributed by atoms with van der Waals surface area (Å²) < 4.78 is 6.05. The number of aryl methyl sites for hydroxylation is 1. The number of rotatable bonds is 3. The molecule has 1 N–H and O–H groups in total. The molecule has 1 aliphatic rings. The molecule has 1 aliphatic heterocycles. The van der Waals surface area contributed by atoms with Gasteiger partial charge in [-0.1, -0.05) is 6.07 Å². The van der Waals surface area contributed by atoms with Gasteiger partial charge in [0.25, 0.3) is 0 Å². The monoisotopic (exact) mass is 334 g/mol. The smallest absolute Gasteiger partial charge is 0.160 e. The Morgan fingerprint density at radius 3 is 3.20 bits per heavy atom. The van der Waals surface area contributed by atoms with Crippen LogP contribution in [0.15, 0.2) is 43.0 Å². The highest BCUT2D eigenvalue weighted by atomic mass is 15.3. The molecule has 5 heterocycles. The summed E-state index contributed by atoms with van der Waals surface area (Å²) in [7, 11) is 0. The molecular weight excluding hydrogens is 316 g/mol. The van der Waals surface area contributed by atoms with Gasteiger partial charge in [-0.25, -0.2) is 14.5 Å². The third kappa shape index (κ3) is 2.51. The van der Waals surface area contributed by atoms with Crippen molar-refractivity contribution in [2.75, 3.05) is 6.54 Å². The van der Waals surface area contributed by atoms with E-state index in [4.69, 9.17) is 5.10 Å². The Bertz CT molecular complexity index is 1000. The number of nitrogens with zero attached hydrogens (tertiary/aromatic N) is 7. The highest BCUT2D eigenvalue weighted by Crippen LogP contribution is 2.20. The third-order valence-corrected chi connectivity index (χ3v) is 4.55. The van der Waals surface area contributed by atoms with Crippen LogP contribution in [0.3, 0.4) is 0 Å². The molecule has 0 fully saturated rings. The highest BCUT2D eigenvalue weighted by Gasteiger charge is 2.16. The van der Waals surface area contributed by atoms with Gasteiger partial charge < -0.3 is 9.88 Å². The first-order valence-corrected chi connectivity index (χ1v) is 8.45. The van der Waals surface area contributed by atoms with Crippen LogP contribution in [0, 0.1) is 0 Å². The number of hydrogen-bond donors (Lipinski definition) is 1. The Morgan fingerprint density at radius 1 is 1.20 bits per heavy atom. The lowest BCUT2D eigenvalue weighted by atomic mass is 10.3. The van der Waals surface area contributed by atoms with Gasteiger partial charge in [-0.15, -0.1) is 0 Å². The largest absolute Gasteiger partial charge is 0.324 e. The fraction of sp³-hybridized carbons (Fsp3) is 0.294. The molecule has 0 aliphatic carbocycles. The second-order valence-electron chi connectivity index (χ2n) is 6.20. The molecule has 126 valence electrons. The molecule has 25 heavy (non-hydrogen) atoms. The molecule has 0 saturated carbocycles. The molecule has 0 amide bonds. The number of pyridine rings is 1. The summed E-state index contributed by atoms with van der Waals surface area (Å²) in [5.74, 6) is 0.873. The Kier molecular flexibility index (Phi) is 3.34. The molecule has 0 saturated heterocycles. The minimum absolute atomic E-state index is 0.663. The fourth-order valence-electron chi connectivity index (χ4n) is 3.34. The van der Waals surface area contributed by atoms with Gasteiger partial charge in [0.15, 0.2) is 11.5 Å². The summed E-state index contributed by atoms with van der Waals surface area (Å²) in [5.41, 5.74) is 4.02. The minimum atomic E-state index is 0.663. The van der Waals surface area contributed by atoms with E-state index in [1.165, 1.54) is 5.69 Å². The van der Waals surface area contributed by atoms with Crippen molar-refractivity contribution in [3.05, 3.63) is 54.4 Å². The van der Waals surface area contributed by atoms with Gasteiger partial charge in [-0.05, 0) is 31.2 Å². The summed E-state index contributed by atoms with van der Waals surface area (Å²) in [5, 5.41) is 12.5. The van der Waals surface area contributed by atoms with E-state index in [-0.39, 0.29) is 0 Å². The zero-order chi connectivity index (χ0) is 16.6. The van der Waals surface area contributed by atoms with Crippen molar-refractivity contribution < 1.29 is 0 Å². The van der Waals surface area contributed by atoms with Gasteiger partial charge in [-0.2, -0.15) is 10.2 Å². The van der Waals surface area contributed by atoms with Gasteiger partial charge in [-0.3, -0.25) is 4.68 Å². The number of imidazole rings is 1. The Balaban J connectivity index is 1.51. The lowest BCUT2D eigenvalue weighted by Crippen LogP contribution is -2.11. The molecule has 8 heteroatoms. The molecule has 0 unspecified atom stereocenters. The molecule has 0 atom stereocenters. The van der Waals surface area contributed by atoms with E-state index < -0.39 is 0 Å². The molecule has 0 radical (unpaired) electrons. The van der Waals surface area contributed by atoms with Gasteiger partial charge in [0.2, 0.25) is 0 Å². The van der Waals surface area contributed by atoms with Gasteiger partial charge in [0.05, 0.1) is 17.9 Å². The maximum Gasteiger partial charge on any atom is 0.160 e. The van der Waals surface area contributed by atoms with Gasteiger partial charge >= 0.3 is 0 Å². The molecule has 8 nitrogen and oxygen atoms in total. The zero-order valence-electron chi connectivity index (χ0n) is 13.7. The topological polar surface area (TPSA) is 77.9 Å². The standard InChI is InChI=1S/C17H18N8/c1-3-13(25-16(4-1)20-12-21-25)11-23-8-6-19-17(23)15-9-14-10-18-5-2-7-24(14)22-15/h1,3-4,6,8-9,12,18H,2,5,7,10-11H2. The van der Waals surface area contributed by atoms with Crippen molar-refractivity contribution in [3.63, 3.8) is 0 Å². The fourth-order valence-corrected chi connectivity index (χ4v) is 3.34. The zero-order valence-corrected chi connectivity index (χ0v) is 13.7. The van der Waals surface area contributed by atoms with Crippen molar-refractivity contribution >= 4 is 5.65 Å². The van der Waals surface area contributed by atoms with E-state index in [2.05, 4.69) is 41.8 Å². The summed E-state index contributed by atoms with van der Waals surface area (Å²) >= 11 is 0. The van der Waals surface area contributed by atoms with Crippen molar-refractivity contribution in [1.29, 1.82) is 0 Å². The first-order chi connectivity index (χ1) is 12.4. The second kappa shape index (κ2) is 5.82. The average Bonchev–Trinajstić information content (AvgIpc) is 3.33. The number of aromatic nitrogens is 7. The second-order valence-corrected chi connectivity index (χ2v) is 6.20. The van der Waals surface area contributed by atoms with Crippen molar-refractivity contribution in [2.45, 2.75) is 26.1 Å². The summed E-state index contributed by atoms with van der Waals surface area (Å²) in [6, 6.07) is 8.14. The van der Waals surface area contributed by atoms with Crippen molar-refractivity contribution in [3.8, 4) is 11.5 Å². The van der Waals surface area contributed by atoms with Crippen LogP contribution in [0.2, 0.25) is 0 Å². The maximum absolute atomic E-state index is 4.77. The lowest BCUT2D eigenvalue weighted by molar-refractivity contribution is 0.587. The van der Waals surface area contributed by atoms with Crippen LogP contribution in [0.5, 0.6) is 0 Å². The number of nitrogens with one attached hydrogen (secondary N) is 1. The van der Waals surface area contributed by atoms with Crippen molar-refractivity contribution in [2.24, 2.45) is 0 Å². The van der Waals surface area contributed by atoms with E-state index in [1.54, 1.807) is 6.33 Å². The highest BCUT2D eigenvalue weighted by molar-refractivity contribution is 5.51.